The average Bonchev–Trinajstić information content (AvgIpc) is 2.40. The lowest BCUT2D eigenvalue weighted by molar-refractivity contribution is 0.0471. The van der Waals surface area contributed by atoms with Gasteiger partial charge in [-0.15, -0.1) is 0 Å². The molecular weight excluding hydrogens is 308 g/mol. The molecule has 1 aromatic heterocycles. The predicted octanol–water partition coefficient (Wildman–Crippen LogP) is 3.09. The van der Waals surface area contributed by atoms with E-state index >= 15 is 0 Å². The van der Waals surface area contributed by atoms with E-state index in [4.69, 9.17) is 10.5 Å². The molecule has 0 saturated heterocycles. The van der Waals surface area contributed by atoms with E-state index in [0.29, 0.717) is 16.9 Å². The maximum absolute atomic E-state index is 11.9. The number of rotatable bonds is 3. The van der Waals surface area contributed by atoms with Gasteiger partial charge < -0.3 is 10.5 Å². The van der Waals surface area contributed by atoms with Crippen LogP contribution in [0.5, 0.6) is 0 Å². The van der Waals surface area contributed by atoms with E-state index < -0.39 is 5.97 Å². The maximum Gasteiger partial charge on any atom is 0.340 e. The third kappa shape index (κ3) is 3.54. The third-order valence-electron chi connectivity index (χ3n) is 2.61. The summed E-state index contributed by atoms with van der Waals surface area (Å²) in [5, 5.41) is 0. The first-order valence-electron chi connectivity index (χ1n) is 5.70. The number of esters is 1. The number of aromatic nitrogens is 1. The van der Waals surface area contributed by atoms with Gasteiger partial charge in [-0.2, -0.15) is 0 Å². The van der Waals surface area contributed by atoms with E-state index in [-0.39, 0.29) is 6.61 Å². The number of hydrogen-bond acceptors (Lipinski definition) is 4. The van der Waals surface area contributed by atoms with Crippen molar-refractivity contribution in [2.75, 3.05) is 5.73 Å². The molecule has 0 aliphatic rings. The molecule has 0 unspecified atom stereocenters. The molecule has 2 rings (SSSR count). The number of nitrogens with two attached hydrogens (primary N) is 1. The highest BCUT2D eigenvalue weighted by Crippen LogP contribution is 2.14. The van der Waals surface area contributed by atoms with Gasteiger partial charge in [0.25, 0.3) is 0 Å². The Hall–Kier alpha value is -1.88. The summed E-state index contributed by atoms with van der Waals surface area (Å²) in [7, 11) is 0. The molecule has 0 aliphatic carbocycles. The summed E-state index contributed by atoms with van der Waals surface area (Å²) < 4.78 is 6.22. The lowest BCUT2D eigenvalue weighted by Crippen LogP contribution is -2.09. The van der Waals surface area contributed by atoms with Crippen LogP contribution in [-0.2, 0) is 11.3 Å². The fourth-order valence-corrected chi connectivity index (χ4v) is 1.83. The highest BCUT2D eigenvalue weighted by Gasteiger charge is 2.12. The van der Waals surface area contributed by atoms with Crippen molar-refractivity contribution in [3.63, 3.8) is 0 Å². The largest absolute Gasteiger partial charge is 0.457 e. The number of nitrogens with zero attached hydrogens (tertiary/aromatic N) is 1. The van der Waals surface area contributed by atoms with Gasteiger partial charge in [0.05, 0.1) is 23.1 Å². The van der Waals surface area contributed by atoms with E-state index in [2.05, 4.69) is 20.9 Å². The Kier molecular flexibility index (Phi) is 4.16. The number of pyridine rings is 1. The smallest absolute Gasteiger partial charge is 0.340 e. The van der Waals surface area contributed by atoms with Crippen molar-refractivity contribution in [1.82, 2.24) is 4.98 Å². The zero-order chi connectivity index (χ0) is 13.8. The number of halogens is 1. The molecule has 0 amide bonds. The van der Waals surface area contributed by atoms with Crippen LogP contribution >= 0.6 is 15.9 Å². The number of hydrogen-bond donors (Lipinski definition) is 1. The number of carbonyl (C=O) groups is 1. The van der Waals surface area contributed by atoms with Crippen LogP contribution in [-0.4, -0.2) is 11.0 Å². The van der Waals surface area contributed by atoms with Gasteiger partial charge in [0, 0.05) is 4.47 Å². The summed E-state index contributed by atoms with van der Waals surface area (Å²) >= 11 is 3.35. The average molecular weight is 321 g/mol. The van der Waals surface area contributed by atoms with E-state index in [1.165, 1.54) is 6.20 Å². The Morgan fingerprint density at radius 2 is 2.05 bits per heavy atom. The van der Waals surface area contributed by atoms with E-state index in [9.17, 15) is 4.79 Å². The summed E-state index contributed by atoms with van der Waals surface area (Å²) in [5.41, 5.74) is 7.99. The van der Waals surface area contributed by atoms with Crippen LogP contribution in [0.4, 0.5) is 5.69 Å². The summed E-state index contributed by atoms with van der Waals surface area (Å²) in [5.74, 6) is -0.416. The molecule has 4 nitrogen and oxygen atoms in total. The minimum Gasteiger partial charge on any atom is -0.457 e. The first kappa shape index (κ1) is 13.5. The van der Waals surface area contributed by atoms with Crippen LogP contribution in [0.15, 0.2) is 41.0 Å². The van der Waals surface area contributed by atoms with Gasteiger partial charge in [-0.25, -0.2) is 4.79 Å². The van der Waals surface area contributed by atoms with Crippen molar-refractivity contribution in [2.45, 2.75) is 13.5 Å². The first-order valence-corrected chi connectivity index (χ1v) is 6.49. The van der Waals surface area contributed by atoms with Gasteiger partial charge >= 0.3 is 5.97 Å². The van der Waals surface area contributed by atoms with Gasteiger partial charge in [-0.05, 0) is 30.7 Å². The fourth-order valence-electron chi connectivity index (χ4n) is 1.56. The molecule has 0 fully saturated rings. The Labute approximate surface area is 119 Å². The molecule has 0 aliphatic heterocycles. The lowest BCUT2D eigenvalue weighted by atomic mass is 10.2. The quantitative estimate of drug-likeness (QED) is 0.882. The normalized spacial score (nSPS) is 10.2. The Bertz CT molecular complexity index is 597. The Balaban J connectivity index is 2.05. The second-order valence-electron chi connectivity index (χ2n) is 4.10. The van der Waals surface area contributed by atoms with Crippen molar-refractivity contribution in [2.24, 2.45) is 0 Å². The molecule has 1 aromatic carbocycles. The molecule has 0 bridgehead atoms. The SMILES string of the molecule is Cc1ncc(N)cc1C(=O)OCc1ccc(Br)cc1. The van der Waals surface area contributed by atoms with Crippen LogP contribution in [0.1, 0.15) is 21.6 Å². The maximum atomic E-state index is 11.9. The summed E-state index contributed by atoms with van der Waals surface area (Å²) in [6.45, 7) is 1.97. The minimum absolute atomic E-state index is 0.223. The topological polar surface area (TPSA) is 65.2 Å². The van der Waals surface area contributed by atoms with Crippen molar-refractivity contribution >= 4 is 27.6 Å². The predicted molar refractivity (Wildman–Crippen MR) is 76.6 cm³/mol. The van der Waals surface area contributed by atoms with Crippen LogP contribution in [0.25, 0.3) is 0 Å². The van der Waals surface area contributed by atoms with Crippen LogP contribution in [0.3, 0.4) is 0 Å². The molecule has 2 aromatic rings. The number of carbonyl (C=O) groups excluding carboxylic acids is 1. The zero-order valence-corrected chi connectivity index (χ0v) is 12.0. The monoisotopic (exact) mass is 320 g/mol. The zero-order valence-electron chi connectivity index (χ0n) is 10.4. The number of benzene rings is 1. The van der Waals surface area contributed by atoms with Gasteiger partial charge in [0.15, 0.2) is 0 Å². The van der Waals surface area contributed by atoms with Crippen LogP contribution in [0.2, 0.25) is 0 Å². The number of aryl methyl sites for hydroxylation is 1. The Morgan fingerprint density at radius 3 is 2.74 bits per heavy atom. The molecule has 0 spiro atoms. The molecular formula is C14H13BrN2O2. The number of nitrogen functional groups attached to an aromatic ring is 1. The van der Waals surface area contributed by atoms with Crippen LogP contribution < -0.4 is 5.73 Å². The molecule has 19 heavy (non-hydrogen) atoms. The molecule has 2 N–H and O–H groups in total. The van der Waals surface area contributed by atoms with Crippen molar-refractivity contribution < 1.29 is 9.53 Å². The summed E-state index contributed by atoms with van der Waals surface area (Å²) in [6.07, 6.45) is 1.51. The molecule has 1 heterocycles. The highest BCUT2D eigenvalue weighted by molar-refractivity contribution is 9.10. The van der Waals surface area contributed by atoms with Gasteiger partial charge in [-0.3, -0.25) is 4.98 Å². The first-order chi connectivity index (χ1) is 9.06. The summed E-state index contributed by atoms with van der Waals surface area (Å²) in [6, 6.07) is 9.16. The summed E-state index contributed by atoms with van der Waals surface area (Å²) in [4.78, 5) is 16.0. The number of ether oxygens (including phenoxy) is 1. The minimum atomic E-state index is -0.416. The van der Waals surface area contributed by atoms with Crippen LogP contribution in [0, 0.1) is 6.92 Å². The lowest BCUT2D eigenvalue weighted by Gasteiger charge is -2.07. The van der Waals surface area contributed by atoms with Crippen molar-refractivity contribution in [1.29, 1.82) is 0 Å². The second-order valence-corrected chi connectivity index (χ2v) is 5.02. The molecule has 5 heteroatoms. The van der Waals surface area contributed by atoms with E-state index in [1.54, 1.807) is 13.0 Å². The van der Waals surface area contributed by atoms with Crippen molar-refractivity contribution in [3.05, 3.63) is 57.8 Å². The second kappa shape index (κ2) is 5.84. The number of anilines is 1. The van der Waals surface area contributed by atoms with Gasteiger partial charge in [-0.1, -0.05) is 28.1 Å². The Morgan fingerprint density at radius 1 is 1.37 bits per heavy atom. The van der Waals surface area contributed by atoms with E-state index in [1.807, 2.05) is 24.3 Å². The van der Waals surface area contributed by atoms with Gasteiger partial charge in [0.2, 0.25) is 0 Å². The molecule has 0 saturated carbocycles. The molecule has 98 valence electrons. The molecule has 0 atom stereocenters. The van der Waals surface area contributed by atoms with Crippen molar-refractivity contribution in [3.8, 4) is 0 Å². The fraction of sp³-hybridized carbons (Fsp3) is 0.143. The third-order valence-corrected chi connectivity index (χ3v) is 3.14. The standard InChI is InChI=1S/C14H13BrN2O2/c1-9-13(6-12(16)7-17-9)14(18)19-8-10-2-4-11(15)5-3-10/h2-7H,8,16H2,1H3. The van der Waals surface area contributed by atoms with E-state index in [0.717, 1.165) is 10.0 Å². The highest BCUT2D eigenvalue weighted by atomic mass is 79.9. The van der Waals surface area contributed by atoms with Gasteiger partial charge in [0.1, 0.15) is 6.61 Å². The molecule has 0 radical (unpaired) electrons.